The van der Waals surface area contributed by atoms with Crippen LogP contribution in [0.25, 0.3) is 17.8 Å². The van der Waals surface area contributed by atoms with Gasteiger partial charge in [-0.25, -0.2) is 0 Å². The minimum absolute atomic E-state index is 0.811. The zero-order valence-corrected chi connectivity index (χ0v) is 10.5. The first-order valence-electron chi connectivity index (χ1n) is 5.99. The van der Waals surface area contributed by atoms with Crippen molar-refractivity contribution in [1.82, 2.24) is 14.6 Å². The molecule has 0 aliphatic carbocycles. The first-order chi connectivity index (χ1) is 9.36. The fourth-order valence-electron chi connectivity index (χ4n) is 1.86. The lowest BCUT2D eigenvalue weighted by atomic mass is 10.2. The highest BCUT2D eigenvalue weighted by molar-refractivity contribution is 5.68. The van der Waals surface area contributed by atoms with Gasteiger partial charge < -0.3 is 4.74 Å². The molecule has 0 bridgehead atoms. The molecular weight excluding hydrogens is 238 g/mol. The Labute approximate surface area is 111 Å². The lowest BCUT2D eigenvalue weighted by Gasteiger charge is -1.99. The van der Waals surface area contributed by atoms with E-state index in [1.54, 1.807) is 7.11 Å². The second-order valence-corrected chi connectivity index (χ2v) is 4.09. The second-order valence-electron chi connectivity index (χ2n) is 4.09. The van der Waals surface area contributed by atoms with E-state index in [0.29, 0.717) is 0 Å². The van der Waals surface area contributed by atoms with E-state index in [-0.39, 0.29) is 0 Å². The minimum atomic E-state index is 0.811. The SMILES string of the molecule is COc1ccc(C=Cc2nnc3ccccn23)cc1. The molecule has 4 nitrogen and oxygen atoms in total. The number of benzene rings is 1. The second kappa shape index (κ2) is 4.94. The summed E-state index contributed by atoms with van der Waals surface area (Å²) in [5.74, 6) is 1.66. The molecule has 4 heteroatoms. The molecule has 2 aromatic heterocycles. The van der Waals surface area contributed by atoms with Crippen LogP contribution in [-0.2, 0) is 0 Å². The van der Waals surface area contributed by atoms with E-state index in [9.17, 15) is 0 Å². The van der Waals surface area contributed by atoms with Crippen LogP contribution in [0.4, 0.5) is 0 Å². The summed E-state index contributed by atoms with van der Waals surface area (Å²) in [6.45, 7) is 0. The van der Waals surface area contributed by atoms with Gasteiger partial charge in [-0.2, -0.15) is 0 Å². The van der Waals surface area contributed by atoms with Crippen LogP contribution in [-0.4, -0.2) is 21.7 Å². The molecule has 0 spiro atoms. The quantitative estimate of drug-likeness (QED) is 0.718. The van der Waals surface area contributed by atoms with Crippen molar-refractivity contribution < 1.29 is 4.74 Å². The summed E-state index contributed by atoms with van der Waals surface area (Å²) in [7, 11) is 1.66. The molecule has 0 N–H and O–H groups in total. The number of nitrogens with zero attached hydrogens (tertiary/aromatic N) is 3. The monoisotopic (exact) mass is 251 g/mol. The molecule has 0 atom stereocenters. The first kappa shape index (κ1) is 11.5. The van der Waals surface area contributed by atoms with Crippen LogP contribution in [0.5, 0.6) is 5.75 Å². The number of hydrogen-bond acceptors (Lipinski definition) is 3. The van der Waals surface area contributed by atoms with Gasteiger partial charge in [-0.15, -0.1) is 10.2 Å². The third-order valence-corrected chi connectivity index (χ3v) is 2.88. The average molecular weight is 251 g/mol. The number of pyridine rings is 1. The van der Waals surface area contributed by atoms with Crippen molar-refractivity contribution in [2.24, 2.45) is 0 Å². The molecule has 1 aromatic carbocycles. The predicted octanol–water partition coefficient (Wildman–Crippen LogP) is 2.91. The molecule has 3 rings (SSSR count). The van der Waals surface area contributed by atoms with Gasteiger partial charge in [0.05, 0.1) is 7.11 Å². The van der Waals surface area contributed by atoms with E-state index in [1.165, 1.54) is 0 Å². The molecule has 0 aliphatic rings. The Bertz CT molecular complexity index is 714. The van der Waals surface area contributed by atoms with Crippen LogP contribution in [0.3, 0.4) is 0 Å². The molecule has 3 aromatic rings. The highest BCUT2D eigenvalue weighted by atomic mass is 16.5. The van der Waals surface area contributed by atoms with Crippen LogP contribution >= 0.6 is 0 Å². The summed E-state index contributed by atoms with van der Waals surface area (Å²) in [5.41, 5.74) is 1.94. The summed E-state index contributed by atoms with van der Waals surface area (Å²) in [6, 6.07) is 13.7. The largest absolute Gasteiger partial charge is 0.497 e. The Kier molecular flexibility index (Phi) is 2.98. The molecular formula is C15H13N3O. The predicted molar refractivity (Wildman–Crippen MR) is 74.9 cm³/mol. The Morgan fingerprint density at radius 3 is 2.63 bits per heavy atom. The lowest BCUT2D eigenvalue weighted by molar-refractivity contribution is 0.415. The van der Waals surface area contributed by atoms with Gasteiger partial charge >= 0.3 is 0 Å². The Morgan fingerprint density at radius 2 is 1.84 bits per heavy atom. The molecule has 0 amide bonds. The van der Waals surface area contributed by atoms with Gasteiger partial charge in [0.25, 0.3) is 0 Å². The maximum Gasteiger partial charge on any atom is 0.161 e. The number of ether oxygens (including phenoxy) is 1. The first-order valence-corrected chi connectivity index (χ1v) is 5.99. The van der Waals surface area contributed by atoms with Crippen molar-refractivity contribution in [3.63, 3.8) is 0 Å². The third-order valence-electron chi connectivity index (χ3n) is 2.88. The Balaban J connectivity index is 1.89. The van der Waals surface area contributed by atoms with Gasteiger partial charge in [-0.1, -0.05) is 24.3 Å². The van der Waals surface area contributed by atoms with Gasteiger partial charge in [0.1, 0.15) is 5.75 Å². The molecule has 0 fully saturated rings. The lowest BCUT2D eigenvalue weighted by Crippen LogP contribution is -1.86. The van der Waals surface area contributed by atoms with E-state index in [0.717, 1.165) is 22.8 Å². The number of hydrogen-bond donors (Lipinski definition) is 0. The van der Waals surface area contributed by atoms with Crippen LogP contribution in [0.15, 0.2) is 48.7 Å². The van der Waals surface area contributed by atoms with Crippen molar-refractivity contribution in [1.29, 1.82) is 0 Å². The summed E-state index contributed by atoms with van der Waals surface area (Å²) in [5, 5.41) is 8.25. The standard InChI is InChI=1S/C15H13N3O/c1-19-13-8-5-12(6-9-13)7-10-15-17-16-14-4-2-3-11-18(14)15/h2-11H,1H3. The van der Waals surface area contributed by atoms with Crippen molar-refractivity contribution in [2.45, 2.75) is 0 Å². The van der Waals surface area contributed by atoms with E-state index in [1.807, 2.05) is 65.2 Å². The normalized spacial score (nSPS) is 11.2. The van der Waals surface area contributed by atoms with Crippen LogP contribution < -0.4 is 4.74 Å². The van der Waals surface area contributed by atoms with Gasteiger partial charge in [0.2, 0.25) is 0 Å². The van der Waals surface area contributed by atoms with E-state index < -0.39 is 0 Å². The van der Waals surface area contributed by atoms with Crippen molar-refractivity contribution in [3.05, 3.63) is 60.0 Å². The smallest absolute Gasteiger partial charge is 0.161 e. The Hall–Kier alpha value is -2.62. The number of fused-ring (bicyclic) bond motifs is 1. The Morgan fingerprint density at radius 1 is 1.00 bits per heavy atom. The highest BCUT2D eigenvalue weighted by Crippen LogP contribution is 2.13. The average Bonchev–Trinajstić information content (AvgIpc) is 2.89. The van der Waals surface area contributed by atoms with Gasteiger partial charge in [0.15, 0.2) is 11.5 Å². The zero-order valence-electron chi connectivity index (χ0n) is 10.5. The third kappa shape index (κ3) is 2.33. The van der Waals surface area contributed by atoms with Gasteiger partial charge in [-0.3, -0.25) is 4.40 Å². The number of methoxy groups -OCH3 is 1. The maximum absolute atomic E-state index is 5.13. The molecule has 94 valence electrons. The van der Waals surface area contributed by atoms with E-state index >= 15 is 0 Å². The number of rotatable bonds is 3. The van der Waals surface area contributed by atoms with Gasteiger partial charge in [0, 0.05) is 6.20 Å². The summed E-state index contributed by atoms with van der Waals surface area (Å²) in [4.78, 5) is 0. The summed E-state index contributed by atoms with van der Waals surface area (Å²) in [6.07, 6.45) is 5.90. The molecule has 0 radical (unpaired) electrons. The summed E-state index contributed by atoms with van der Waals surface area (Å²) >= 11 is 0. The highest BCUT2D eigenvalue weighted by Gasteiger charge is 1.99. The molecule has 0 saturated heterocycles. The molecule has 0 saturated carbocycles. The fraction of sp³-hybridized carbons (Fsp3) is 0.0667. The van der Waals surface area contributed by atoms with E-state index in [2.05, 4.69) is 10.2 Å². The zero-order chi connectivity index (χ0) is 13.1. The van der Waals surface area contributed by atoms with Gasteiger partial charge in [-0.05, 0) is 35.9 Å². The van der Waals surface area contributed by atoms with Crippen LogP contribution in [0.2, 0.25) is 0 Å². The fourth-order valence-corrected chi connectivity index (χ4v) is 1.86. The van der Waals surface area contributed by atoms with Crippen molar-refractivity contribution in [2.75, 3.05) is 7.11 Å². The number of aromatic nitrogens is 3. The van der Waals surface area contributed by atoms with E-state index in [4.69, 9.17) is 4.74 Å². The van der Waals surface area contributed by atoms with Crippen molar-refractivity contribution >= 4 is 17.8 Å². The molecule has 0 unspecified atom stereocenters. The molecule has 19 heavy (non-hydrogen) atoms. The topological polar surface area (TPSA) is 39.4 Å². The molecule has 2 heterocycles. The van der Waals surface area contributed by atoms with Crippen LogP contribution in [0, 0.1) is 0 Å². The maximum atomic E-state index is 5.13. The summed E-state index contributed by atoms with van der Waals surface area (Å²) < 4.78 is 7.07. The minimum Gasteiger partial charge on any atom is -0.497 e. The van der Waals surface area contributed by atoms with Crippen LogP contribution in [0.1, 0.15) is 11.4 Å². The molecule has 0 aliphatic heterocycles. The van der Waals surface area contributed by atoms with Crippen molar-refractivity contribution in [3.8, 4) is 5.75 Å².